The Labute approximate surface area is 162 Å². The topological polar surface area (TPSA) is 53.0 Å². The number of carbonyl (C=O) groups is 1. The van der Waals surface area contributed by atoms with Crippen LogP contribution in [0, 0.1) is 33.1 Å². The van der Waals surface area contributed by atoms with Crippen molar-refractivity contribution in [3.63, 3.8) is 0 Å². The summed E-state index contributed by atoms with van der Waals surface area (Å²) in [5.41, 5.74) is 2.79. The van der Waals surface area contributed by atoms with Gasteiger partial charge < -0.3 is 14.7 Å². The maximum atomic E-state index is 13.3. The van der Waals surface area contributed by atoms with Crippen LogP contribution in [0.25, 0.3) is 0 Å². The summed E-state index contributed by atoms with van der Waals surface area (Å²) in [6, 6.07) is 0. The van der Waals surface area contributed by atoms with Gasteiger partial charge in [0.15, 0.2) is 5.60 Å². The van der Waals surface area contributed by atoms with Gasteiger partial charge in [0.25, 0.3) is 5.91 Å². The molecule has 0 aromatic heterocycles. The van der Waals surface area contributed by atoms with E-state index in [9.17, 15) is 9.90 Å². The molecule has 2 aliphatic heterocycles. The fraction of sp³-hybridized carbons (Fsp3) is 0.591. The molecule has 146 valence electrons. The number of carbonyl (C=O) groups excluding carboxylic acids is 1. The maximum absolute atomic E-state index is 13.3. The Kier molecular flexibility index (Phi) is 5.39. The first-order valence-corrected chi connectivity index (χ1v) is 9.74. The summed E-state index contributed by atoms with van der Waals surface area (Å²) in [6.45, 7) is 11.7. The molecule has 0 aliphatic carbocycles. The van der Waals surface area contributed by atoms with Gasteiger partial charge in [-0.1, -0.05) is 0 Å². The van der Waals surface area contributed by atoms with E-state index in [0.29, 0.717) is 25.3 Å². The van der Waals surface area contributed by atoms with Gasteiger partial charge in [0.2, 0.25) is 0 Å². The third kappa shape index (κ3) is 3.51. The summed E-state index contributed by atoms with van der Waals surface area (Å²) in [5.74, 6) is 3.85. The van der Waals surface area contributed by atoms with Crippen molar-refractivity contribution in [1.82, 2.24) is 9.80 Å². The van der Waals surface area contributed by atoms with Crippen LogP contribution in [0.15, 0.2) is 0 Å². The van der Waals surface area contributed by atoms with Crippen molar-refractivity contribution in [2.75, 3.05) is 32.7 Å². The maximum Gasteiger partial charge on any atom is 0.266 e. The van der Waals surface area contributed by atoms with Crippen molar-refractivity contribution in [3.05, 3.63) is 22.3 Å². The number of amides is 1. The van der Waals surface area contributed by atoms with Gasteiger partial charge in [0.05, 0.1) is 0 Å². The molecular formula is C22H30N2O3. The number of phenols is 1. The van der Waals surface area contributed by atoms with Crippen molar-refractivity contribution in [3.8, 4) is 23.8 Å². The molecule has 3 rings (SSSR count). The molecule has 1 atom stereocenters. The molecule has 1 aromatic rings. The molecule has 5 heteroatoms. The lowest BCUT2D eigenvalue weighted by atomic mass is 9.86. The van der Waals surface area contributed by atoms with E-state index in [4.69, 9.17) is 11.2 Å². The highest BCUT2D eigenvalue weighted by molar-refractivity contribution is 5.86. The largest absolute Gasteiger partial charge is 0.507 e. The Morgan fingerprint density at radius 3 is 2.48 bits per heavy atom. The minimum atomic E-state index is -0.853. The molecule has 1 saturated heterocycles. The van der Waals surface area contributed by atoms with Crippen LogP contribution < -0.4 is 4.74 Å². The van der Waals surface area contributed by atoms with Crippen LogP contribution in [-0.2, 0) is 11.2 Å². The third-order valence-corrected chi connectivity index (χ3v) is 6.20. The number of nitrogens with zero attached hydrogens (tertiary/aromatic N) is 2. The number of hydrogen-bond donors (Lipinski definition) is 1. The lowest BCUT2D eigenvalue weighted by Gasteiger charge is -2.42. The zero-order valence-corrected chi connectivity index (χ0v) is 16.9. The van der Waals surface area contributed by atoms with Crippen LogP contribution in [0.5, 0.6) is 11.5 Å². The zero-order chi connectivity index (χ0) is 19.8. The van der Waals surface area contributed by atoms with E-state index in [1.165, 1.54) is 0 Å². The molecular weight excluding hydrogens is 340 g/mol. The molecule has 27 heavy (non-hydrogen) atoms. The Bertz CT molecular complexity index is 788. The first-order valence-electron chi connectivity index (χ1n) is 9.74. The Balaban J connectivity index is 1.75. The zero-order valence-electron chi connectivity index (χ0n) is 16.9. The van der Waals surface area contributed by atoms with Crippen molar-refractivity contribution >= 4 is 5.91 Å². The first-order chi connectivity index (χ1) is 12.8. The van der Waals surface area contributed by atoms with Gasteiger partial charge in [0.1, 0.15) is 11.5 Å². The third-order valence-electron chi connectivity index (χ3n) is 6.20. The highest BCUT2D eigenvalue weighted by atomic mass is 16.5. The molecule has 1 fully saturated rings. The number of phenolic OH excluding ortho intramolecular Hbond substituents is 1. The summed E-state index contributed by atoms with van der Waals surface area (Å²) in [7, 11) is 0. The quantitative estimate of drug-likeness (QED) is 0.831. The monoisotopic (exact) mass is 370 g/mol. The van der Waals surface area contributed by atoms with E-state index in [1.807, 2.05) is 32.6 Å². The average molecular weight is 370 g/mol. The van der Waals surface area contributed by atoms with Crippen molar-refractivity contribution in [2.45, 2.75) is 52.6 Å². The second-order valence-electron chi connectivity index (χ2n) is 7.95. The minimum Gasteiger partial charge on any atom is -0.507 e. The number of aromatic hydroxyl groups is 1. The number of ether oxygens (including phenoxy) is 1. The Morgan fingerprint density at radius 2 is 1.85 bits per heavy atom. The molecule has 1 aromatic carbocycles. The Morgan fingerprint density at radius 1 is 1.19 bits per heavy atom. The SMILES string of the molecule is C#CCCN1CCN(C(=O)C2(C)CCc3c(C)c(O)c(C)c(C)c3O2)CC1. The molecule has 1 amide bonds. The fourth-order valence-corrected chi connectivity index (χ4v) is 4.13. The van der Waals surface area contributed by atoms with Gasteiger partial charge >= 0.3 is 0 Å². The molecule has 1 unspecified atom stereocenters. The van der Waals surface area contributed by atoms with Crippen LogP contribution in [0.4, 0.5) is 0 Å². The molecule has 0 saturated carbocycles. The standard InChI is InChI=1S/C22H30N2O3/c1-6-7-10-23-11-13-24(14-12-23)21(26)22(5)9-8-18-17(4)19(25)15(2)16(3)20(18)27-22/h1,25H,7-14H2,2-5H3. The molecule has 2 aliphatic rings. The second kappa shape index (κ2) is 7.44. The van der Waals surface area contributed by atoms with Gasteiger partial charge in [-0.05, 0) is 50.8 Å². The molecule has 1 N–H and O–H groups in total. The van der Waals surface area contributed by atoms with Gasteiger partial charge in [-0.25, -0.2) is 0 Å². The van der Waals surface area contributed by atoms with Crippen molar-refractivity contribution in [1.29, 1.82) is 0 Å². The van der Waals surface area contributed by atoms with Gasteiger partial charge in [-0.3, -0.25) is 9.69 Å². The molecule has 0 radical (unpaired) electrons. The van der Waals surface area contributed by atoms with Crippen molar-refractivity contribution in [2.24, 2.45) is 0 Å². The van der Waals surface area contributed by atoms with Crippen LogP contribution in [0.3, 0.4) is 0 Å². The smallest absolute Gasteiger partial charge is 0.266 e. The number of fused-ring (bicyclic) bond motifs is 1. The molecule has 0 spiro atoms. The highest BCUT2D eigenvalue weighted by Gasteiger charge is 2.43. The number of terminal acetylenes is 1. The van der Waals surface area contributed by atoms with E-state index in [2.05, 4.69) is 10.8 Å². The average Bonchev–Trinajstić information content (AvgIpc) is 2.69. The number of benzene rings is 1. The highest BCUT2D eigenvalue weighted by Crippen LogP contribution is 2.43. The Hall–Kier alpha value is -2.19. The lowest BCUT2D eigenvalue weighted by molar-refractivity contribution is -0.150. The van der Waals surface area contributed by atoms with Crippen molar-refractivity contribution < 1.29 is 14.6 Å². The van der Waals surface area contributed by atoms with Crippen LogP contribution >= 0.6 is 0 Å². The van der Waals surface area contributed by atoms with Gasteiger partial charge in [0, 0.05) is 51.1 Å². The second-order valence-corrected chi connectivity index (χ2v) is 7.95. The molecule has 2 heterocycles. The van der Waals surface area contributed by atoms with E-state index in [0.717, 1.165) is 60.5 Å². The number of hydrogen-bond acceptors (Lipinski definition) is 4. The molecule has 5 nitrogen and oxygen atoms in total. The summed E-state index contributed by atoms with van der Waals surface area (Å²) in [4.78, 5) is 17.5. The first kappa shape index (κ1) is 19.6. The van der Waals surface area contributed by atoms with E-state index in [1.54, 1.807) is 0 Å². The summed E-state index contributed by atoms with van der Waals surface area (Å²) < 4.78 is 6.33. The van der Waals surface area contributed by atoms with E-state index in [-0.39, 0.29) is 5.91 Å². The normalized spacial score (nSPS) is 22.7. The van der Waals surface area contributed by atoms with E-state index >= 15 is 0 Å². The number of piperazine rings is 1. The van der Waals surface area contributed by atoms with Crippen LogP contribution in [0.2, 0.25) is 0 Å². The van der Waals surface area contributed by atoms with Crippen LogP contribution in [0.1, 0.15) is 42.0 Å². The van der Waals surface area contributed by atoms with E-state index < -0.39 is 5.60 Å². The summed E-state index contributed by atoms with van der Waals surface area (Å²) >= 11 is 0. The minimum absolute atomic E-state index is 0.0625. The van der Waals surface area contributed by atoms with Gasteiger partial charge in [-0.2, -0.15) is 0 Å². The summed E-state index contributed by atoms with van der Waals surface area (Å²) in [6.07, 6.45) is 7.45. The summed E-state index contributed by atoms with van der Waals surface area (Å²) in [5, 5.41) is 10.3. The number of rotatable bonds is 3. The predicted octanol–water partition coefficient (Wildman–Crippen LogP) is 2.57. The van der Waals surface area contributed by atoms with Crippen LogP contribution in [-0.4, -0.2) is 59.1 Å². The lowest BCUT2D eigenvalue weighted by Crippen LogP contribution is -2.57. The predicted molar refractivity (Wildman–Crippen MR) is 106 cm³/mol. The fourth-order valence-electron chi connectivity index (χ4n) is 4.13. The molecule has 0 bridgehead atoms. The van der Waals surface area contributed by atoms with Gasteiger partial charge in [-0.15, -0.1) is 12.3 Å².